The first-order valence-corrected chi connectivity index (χ1v) is 6.33. The quantitative estimate of drug-likeness (QED) is 0.519. The standard InChI is InChI=1S/C14H13BrN2O/c15-13-8-4-5-11(9-13)10-16-14(17-18)12-6-2-1-3-7-12/h1-9,18H,10H2,(H,16,17). The van der Waals surface area contributed by atoms with Gasteiger partial charge in [-0.05, 0) is 17.7 Å². The Balaban J connectivity index is 2.16. The Morgan fingerprint density at radius 2 is 1.89 bits per heavy atom. The zero-order valence-electron chi connectivity index (χ0n) is 9.68. The Bertz CT molecular complexity index is 541. The van der Waals surface area contributed by atoms with Gasteiger partial charge in [0, 0.05) is 10.0 Å². The zero-order chi connectivity index (χ0) is 12.8. The second-order valence-corrected chi connectivity index (χ2v) is 4.69. The molecule has 0 aliphatic carbocycles. The molecule has 4 heteroatoms. The predicted octanol–water partition coefficient (Wildman–Crippen LogP) is 3.37. The molecule has 2 N–H and O–H groups in total. The van der Waals surface area contributed by atoms with E-state index in [2.05, 4.69) is 26.4 Å². The van der Waals surface area contributed by atoms with Crippen molar-refractivity contribution < 1.29 is 5.21 Å². The lowest BCUT2D eigenvalue weighted by Gasteiger charge is -2.05. The number of hydrogen-bond donors (Lipinski definition) is 2. The number of hydrogen-bond acceptors (Lipinski definition) is 2. The summed E-state index contributed by atoms with van der Waals surface area (Å²) in [4.78, 5) is 4.36. The molecule has 0 atom stereocenters. The lowest BCUT2D eigenvalue weighted by molar-refractivity contribution is 0.234. The van der Waals surface area contributed by atoms with Crippen molar-refractivity contribution in [2.45, 2.75) is 6.54 Å². The van der Waals surface area contributed by atoms with Crippen LogP contribution in [0.1, 0.15) is 11.1 Å². The van der Waals surface area contributed by atoms with E-state index in [1.807, 2.05) is 54.6 Å². The molecule has 0 unspecified atom stereocenters. The van der Waals surface area contributed by atoms with E-state index in [9.17, 15) is 0 Å². The molecule has 2 aromatic rings. The summed E-state index contributed by atoms with van der Waals surface area (Å²) in [6.07, 6.45) is 0. The summed E-state index contributed by atoms with van der Waals surface area (Å²) in [5.74, 6) is 0.468. The molecule has 0 amide bonds. The molecule has 0 aliphatic heterocycles. The Labute approximate surface area is 114 Å². The van der Waals surface area contributed by atoms with Crippen LogP contribution in [0, 0.1) is 0 Å². The van der Waals surface area contributed by atoms with E-state index in [-0.39, 0.29) is 0 Å². The van der Waals surface area contributed by atoms with Gasteiger partial charge in [0.05, 0.1) is 6.54 Å². The van der Waals surface area contributed by atoms with Gasteiger partial charge in [-0.2, -0.15) is 0 Å². The number of nitrogens with zero attached hydrogens (tertiary/aromatic N) is 1. The Kier molecular flexibility index (Phi) is 4.50. The van der Waals surface area contributed by atoms with Crippen LogP contribution in [0.25, 0.3) is 0 Å². The first kappa shape index (κ1) is 12.8. The molecule has 0 saturated heterocycles. The minimum atomic E-state index is 0.468. The molecule has 0 fully saturated rings. The Morgan fingerprint density at radius 3 is 2.56 bits per heavy atom. The smallest absolute Gasteiger partial charge is 0.152 e. The van der Waals surface area contributed by atoms with Crippen LogP contribution in [0.15, 0.2) is 64.1 Å². The van der Waals surface area contributed by atoms with E-state index in [1.54, 1.807) is 0 Å². The number of halogens is 1. The van der Waals surface area contributed by atoms with Crippen molar-refractivity contribution >= 4 is 21.8 Å². The lowest BCUT2D eigenvalue weighted by atomic mass is 10.2. The predicted molar refractivity (Wildman–Crippen MR) is 75.7 cm³/mol. The first-order chi connectivity index (χ1) is 8.79. The van der Waals surface area contributed by atoms with Gasteiger partial charge in [-0.25, -0.2) is 0 Å². The van der Waals surface area contributed by atoms with Gasteiger partial charge in [0.25, 0.3) is 0 Å². The molecular formula is C14H13BrN2O. The highest BCUT2D eigenvalue weighted by molar-refractivity contribution is 9.10. The van der Waals surface area contributed by atoms with Gasteiger partial charge in [0.1, 0.15) is 0 Å². The highest BCUT2D eigenvalue weighted by atomic mass is 79.9. The maximum Gasteiger partial charge on any atom is 0.152 e. The third kappa shape index (κ3) is 3.42. The summed E-state index contributed by atoms with van der Waals surface area (Å²) in [6, 6.07) is 17.4. The van der Waals surface area contributed by atoms with Crippen molar-refractivity contribution in [3.63, 3.8) is 0 Å². The van der Waals surface area contributed by atoms with E-state index in [1.165, 1.54) is 0 Å². The average Bonchev–Trinajstić information content (AvgIpc) is 2.41. The number of amidine groups is 1. The minimum Gasteiger partial charge on any atom is -0.290 e. The normalized spacial score (nSPS) is 11.3. The summed E-state index contributed by atoms with van der Waals surface area (Å²) in [5, 5.41) is 9.12. The molecule has 0 spiro atoms. The number of hydroxylamine groups is 1. The molecule has 2 rings (SSSR count). The Morgan fingerprint density at radius 1 is 1.11 bits per heavy atom. The molecule has 0 saturated carbocycles. The molecule has 18 heavy (non-hydrogen) atoms. The SMILES string of the molecule is ONC(=NCc1cccc(Br)c1)c1ccccc1. The van der Waals surface area contributed by atoms with Crippen LogP contribution >= 0.6 is 15.9 Å². The van der Waals surface area contributed by atoms with E-state index >= 15 is 0 Å². The van der Waals surface area contributed by atoms with Crippen molar-refractivity contribution in [1.82, 2.24) is 5.48 Å². The zero-order valence-corrected chi connectivity index (χ0v) is 11.3. The molecule has 0 radical (unpaired) electrons. The van der Waals surface area contributed by atoms with Gasteiger partial charge < -0.3 is 0 Å². The second-order valence-electron chi connectivity index (χ2n) is 3.77. The minimum absolute atomic E-state index is 0.468. The van der Waals surface area contributed by atoms with E-state index in [4.69, 9.17) is 5.21 Å². The molecule has 0 heterocycles. The van der Waals surface area contributed by atoms with Crippen LogP contribution in [-0.2, 0) is 6.54 Å². The average molecular weight is 305 g/mol. The lowest BCUT2D eigenvalue weighted by Crippen LogP contribution is -2.20. The number of benzene rings is 2. The highest BCUT2D eigenvalue weighted by Gasteiger charge is 2.00. The molecule has 2 aromatic carbocycles. The second kappa shape index (κ2) is 6.33. The van der Waals surface area contributed by atoms with Crippen molar-refractivity contribution in [2.24, 2.45) is 4.99 Å². The molecule has 0 aromatic heterocycles. The third-order valence-electron chi connectivity index (χ3n) is 2.46. The molecule has 3 nitrogen and oxygen atoms in total. The molecule has 0 aliphatic rings. The monoisotopic (exact) mass is 304 g/mol. The van der Waals surface area contributed by atoms with Gasteiger partial charge in [0.2, 0.25) is 0 Å². The van der Waals surface area contributed by atoms with E-state index in [0.717, 1.165) is 15.6 Å². The van der Waals surface area contributed by atoms with Crippen LogP contribution < -0.4 is 5.48 Å². The maximum atomic E-state index is 9.12. The summed E-state index contributed by atoms with van der Waals surface area (Å²) < 4.78 is 1.02. The highest BCUT2D eigenvalue weighted by Crippen LogP contribution is 2.12. The summed E-state index contributed by atoms with van der Waals surface area (Å²) in [7, 11) is 0. The first-order valence-electron chi connectivity index (χ1n) is 5.54. The van der Waals surface area contributed by atoms with Crippen LogP contribution in [-0.4, -0.2) is 11.0 Å². The number of aliphatic imine (C=N–C) groups is 1. The van der Waals surface area contributed by atoms with Crippen molar-refractivity contribution in [3.05, 3.63) is 70.2 Å². The third-order valence-corrected chi connectivity index (χ3v) is 2.96. The van der Waals surface area contributed by atoms with Crippen LogP contribution in [0.2, 0.25) is 0 Å². The van der Waals surface area contributed by atoms with Crippen LogP contribution in [0.4, 0.5) is 0 Å². The van der Waals surface area contributed by atoms with Gasteiger partial charge in [-0.1, -0.05) is 58.4 Å². The molecular weight excluding hydrogens is 292 g/mol. The van der Waals surface area contributed by atoms with Crippen molar-refractivity contribution in [1.29, 1.82) is 0 Å². The molecule has 0 bridgehead atoms. The van der Waals surface area contributed by atoms with Crippen molar-refractivity contribution in [3.8, 4) is 0 Å². The largest absolute Gasteiger partial charge is 0.290 e. The summed E-state index contributed by atoms with van der Waals surface area (Å²) in [5.41, 5.74) is 4.07. The Hall–Kier alpha value is -1.65. The van der Waals surface area contributed by atoms with Crippen molar-refractivity contribution in [2.75, 3.05) is 0 Å². The van der Waals surface area contributed by atoms with Crippen LogP contribution in [0.3, 0.4) is 0 Å². The maximum absolute atomic E-state index is 9.12. The van der Waals surface area contributed by atoms with Gasteiger partial charge in [-0.3, -0.25) is 15.7 Å². The fraction of sp³-hybridized carbons (Fsp3) is 0.0714. The van der Waals surface area contributed by atoms with E-state index in [0.29, 0.717) is 12.4 Å². The fourth-order valence-corrected chi connectivity index (χ4v) is 2.04. The van der Waals surface area contributed by atoms with Gasteiger partial charge in [-0.15, -0.1) is 0 Å². The number of rotatable bonds is 3. The summed E-state index contributed by atoms with van der Waals surface area (Å²) >= 11 is 3.42. The topological polar surface area (TPSA) is 44.6 Å². The van der Waals surface area contributed by atoms with Gasteiger partial charge in [0.15, 0.2) is 5.84 Å². The molecule has 92 valence electrons. The van der Waals surface area contributed by atoms with Gasteiger partial charge >= 0.3 is 0 Å². The fourth-order valence-electron chi connectivity index (χ4n) is 1.59. The number of nitrogens with one attached hydrogen (secondary N) is 1. The van der Waals surface area contributed by atoms with Crippen LogP contribution in [0.5, 0.6) is 0 Å². The van der Waals surface area contributed by atoms with E-state index < -0.39 is 0 Å². The summed E-state index contributed by atoms with van der Waals surface area (Å²) in [6.45, 7) is 0.511.